The van der Waals surface area contributed by atoms with E-state index in [9.17, 15) is 15.3 Å². The van der Waals surface area contributed by atoms with Crippen molar-refractivity contribution in [1.82, 2.24) is 0 Å². The third-order valence-corrected chi connectivity index (χ3v) is 4.72. The summed E-state index contributed by atoms with van der Waals surface area (Å²) in [6, 6.07) is 13.1. The number of methoxy groups -OCH3 is 1. The summed E-state index contributed by atoms with van der Waals surface area (Å²) in [6.45, 7) is 7.19. The molecule has 0 N–H and O–H groups in total. The molecule has 2 atom stereocenters. The van der Waals surface area contributed by atoms with Crippen molar-refractivity contribution in [1.29, 1.82) is 10.5 Å². The molecule has 0 spiro atoms. The van der Waals surface area contributed by atoms with E-state index < -0.39 is 22.3 Å². The van der Waals surface area contributed by atoms with Gasteiger partial charge in [-0.15, -0.1) is 11.8 Å². The Bertz CT molecular complexity index is 741. The second kappa shape index (κ2) is 7.72. The van der Waals surface area contributed by atoms with E-state index in [1.807, 2.05) is 26.8 Å². The maximum absolute atomic E-state index is 12.8. The van der Waals surface area contributed by atoms with Gasteiger partial charge in [-0.05, 0) is 39.5 Å². The summed E-state index contributed by atoms with van der Waals surface area (Å²) in [5, 5.41) is 20.4. The van der Waals surface area contributed by atoms with Crippen LogP contribution >= 0.6 is 11.8 Å². The predicted octanol–water partition coefficient (Wildman–Crippen LogP) is 3.71. The third-order valence-electron chi connectivity index (χ3n) is 3.94. The van der Waals surface area contributed by atoms with Crippen molar-refractivity contribution < 1.29 is 9.53 Å². The largest absolute Gasteiger partial charge is 0.467 e. The average molecular weight is 357 g/mol. The smallest absolute Gasteiger partial charge is 0.335 e. The van der Waals surface area contributed by atoms with Gasteiger partial charge in [-0.2, -0.15) is 10.5 Å². The highest BCUT2D eigenvalue weighted by molar-refractivity contribution is 8.13. The van der Waals surface area contributed by atoms with E-state index in [0.717, 1.165) is 0 Å². The number of carbonyl (C=O) groups excluding carboxylic acids is 1. The Morgan fingerprint density at radius 3 is 2.04 bits per heavy atom. The quantitative estimate of drug-likeness (QED) is 0.466. The molecule has 6 heteroatoms. The molecule has 0 bridgehead atoms. The second-order valence-corrected chi connectivity index (χ2v) is 7.54. The van der Waals surface area contributed by atoms with Gasteiger partial charge < -0.3 is 4.74 Å². The Morgan fingerprint density at radius 2 is 1.68 bits per heavy atom. The molecule has 0 saturated carbocycles. The van der Waals surface area contributed by atoms with Crippen LogP contribution in [0.1, 0.15) is 33.3 Å². The molecule has 0 aliphatic carbocycles. The summed E-state index contributed by atoms with van der Waals surface area (Å²) in [7, 11) is 1.21. The van der Waals surface area contributed by atoms with E-state index in [-0.39, 0.29) is 5.04 Å². The highest BCUT2D eigenvalue weighted by atomic mass is 32.2. The SMILES string of the molecule is COC(=O)[C@@](C#N)(C(=NC(C)(C)C)SC)[C@@](C)(C#N)c1ccccc1. The normalized spacial score (nSPS) is 16.7. The molecule has 1 aromatic rings. The van der Waals surface area contributed by atoms with E-state index in [1.165, 1.54) is 18.9 Å². The summed E-state index contributed by atoms with van der Waals surface area (Å²) in [4.78, 5) is 17.4. The number of aliphatic imine (C=N–C) groups is 1. The van der Waals surface area contributed by atoms with E-state index in [0.29, 0.717) is 5.56 Å². The molecule has 5 nitrogen and oxygen atoms in total. The zero-order valence-electron chi connectivity index (χ0n) is 15.5. The number of benzene rings is 1. The molecule has 0 amide bonds. The van der Waals surface area contributed by atoms with Crippen molar-refractivity contribution in [3.63, 3.8) is 0 Å². The summed E-state index contributed by atoms with van der Waals surface area (Å²) in [6.07, 6.45) is 1.74. The molecule has 0 saturated heterocycles. The Kier molecular flexibility index (Phi) is 6.40. The van der Waals surface area contributed by atoms with Crippen molar-refractivity contribution in [3.8, 4) is 12.1 Å². The van der Waals surface area contributed by atoms with Gasteiger partial charge >= 0.3 is 5.97 Å². The number of esters is 1. The van der Waals surface area contributed by atoms with Gasteiger partial charge in [0.1, 0.15) is 10.5 Å². The first-order valence-corrected chi connectivity index (χ1v) is 8.96. The lowest BCUT2D eigenvalue weighted by Crippen LogP contribution is -2.53. The Labute approximate surface area is 153 Å². The maximum atomic E-state index is 12.8. The fourth-order valence-electron chi connectivity index (χ4n) is 2.59. The van der Waals surface area contributed by atoms with Crippen molar-refractivity contribution >= 4 is 22.8 Å². The van der Waals surface area contributed by atoms with Crippen molar-refractivity contribution in [2.75, 3.05) is 13.4 Å². The zero-order chi connectivity index (χ0) is 19.3. The first kappa shape index (κ1) is 20.7. The van der Waals surface area contributed by atoms with Crippen molar-refractivity contribution in [2.45, 2.75) is 38.6 Å². The first-order chi connectivity index (χ1) is 11.6. The molecule has 1 aromatic carbocycles. The van der Waals surface area contributed by atoms with Crippen molar-refractivity contribution in [3.05, 3.63) is 35.9 Å². The minimum Gasteiger partial charge on any atom is -0.467 e. The van der Waals surface area contributed by atoms with Crippen LogP contribution in [0.4, 0.5) is 0 Å². The van der Waals surface area contributed by atoms with E-state index in [1.54, 1.807) is 37.4 Å². The van der Waals surface area contributed by atoms with Crippen LogP contribution in [0.5, 0.6) is 0 Å². The second-order valence-electron chi connectivity index (χ2n) is 6.75. The molecule has 0 aromatic heterocycles. The number of hydrogen-bond acceptors (Lipinski definition) is 6. The number of ether oxygens (including phenoxy) is 1. The van der Waals surface area contributed by atoms with E-state index in [2.05, 4.69) is 17.1 Å². The Balaban J connectivity index is 3.92. The standard InChI is InChI=1S/C19H23N3O2S/c1-17(2,3)22-15(25-6)19(13-21,16(23)24-5)18(4,12-20)14-10-8-7-9-11-14/h7-11H,1-6H3/t18-,19+/m0/s1. The van der Waals surface area contributed by atoms with Crippen LogP contribution in [0, 0.1) is 28.1 Å². The molecule has 0 aliphatic rings. The molecule has 25 heavy (non-hydrogen) atoms. The monoisotopic (exact) mass is 357 g/mol. The van der Waals surface area contributed by atoms with Gasteiger partial charge in [0, 0.05) is 0 Å². The highest BCUT2D eigenvalue weighted by Crippen LogP contribution is 2.46. The molecule has 0 heterocycles. The van der Waals surface area contributed by atoms with Gasteiger partial charge in [0.2, 0.25) is 5.41 Å². The van der Waals surface area contributed by atoms with Gasteiger partial charge in [0.05, 0.1) is 24.8 Å². The van der Waals surface area contributed by atoms with E-state index >= 15 is 0 Å². The fourth-order valence-corrected chi connectivity index (χ4v) is 3.59. The average Bonchev–Trinajstić information content (AvgIpc) is 2.60. The molecule has 132 valence electrons. The van der Waals surface area contributed by atoms with Crippen LogP contribution in [0.15, 0.2) is 35.3 Å². The number of thioether (sulfide) groups is 1. The Hall–Kier alpha value is -2.31. The first-order valence-electron chi connectivity index (χ1n) is 7.73. The van der Waals surface area contributed by atoms with E-state index in [4.69, 9.17) is 4.74 Å². The predicted molar refractivity (Wildman–Crippen MR) is 100 cm³/mol. The lowest BCUT2D eigenvalue weighted by Gasteiger charge is -2.38. The molecule has 0 unspecified atom stereocenters. The maximum Gasteiger partial charge on any atom is 0.335 e. The lowest BCUT2D eigenvalue weighted by atomic mass is 9.62. The fraction of sp³-hybridized carbons (Fsp3) is 0.474. The summed E-state index contributed by atoms with van der Waals surface area (Å²) in [5.74, 6) is -0.791. The van der Waals surface area contributed by atoms with Gasteiger partial charge in [0.15, 0.2) is 0 Å². The number of carbonyl (C=O) groups is 1. The molecule has 0 radical (unpaired) electrons. The topological polar surface area (TPSA) is 86.2 Å². The number of nitrogens with zero attached hydrogens (tertiary/aromatic N) is 3. The summed E-state index contributed by atoms with van der Waals surface area (Å²) in [5.41, 5.74) is -3.31. The minimum absolute atomic E-state index is 0.266. The van der Waals surface area contributed by atoms with Crippen LogP contribution in [-0.4, -0.2) is 29.9 Å². The molecule has 0 aliphatic heterocycles. The lowest BCUT2D eigenvalue weighted by molar-refractivity contribution is -0.147. The summed E-state index contributed by atoms with van der Waals surface area (Å²) >= 11 is 1.18. The van der Waals surface area contributed by atoms with Gasteiger partial charge in [-0.3, -0.25) is 4.99 Å². The van der Waals surface area contributed by atoms with Crippen LogP contribution in [-0.2, 0) is 14.9 Å². The molecular weight excluding hydrogens is 334 g/mol. The number of nitriles is 2. The summed E-state index contributed by atoms with van der Waals surface area (Å²) < 4.78 is 4.97. The van der Waals surface area contributed by atoms with Gasteiger partial charge in [0.25, 0.3) is 0 Å². The van der Waals surface area contributed by atoms with Gasteiger partial charge in [-0.25, -0.2) is 4.79 Å². The molecular formula is C19H23N3O2S. The molecule has 1 rings (SSSR count). The highest BCUT2D eigenvalue weighted by Gasteiger charge is 2.61. The Morgan fingerprint density at radius 1 is 1.12 bits per heavy atom. The minimum atomic E-state index is -1.87. The van der Waals surface area contributed by atoms with Crippen LogP contribution in [0.25, 0.3) is 0 Å². The number of rotatable bonds is 4. The number of hydrogen-bond donors (Lipinski definition) is 0. The van der Waals surface area contributed by atoms with Crippen LogP contribution in [0.2, 0.25) is 0 Å². The zero-order valence-corrected chi connectivity index (χ0v) is 16.3. The van der Waals surface area contributed by atoms with Crippen LogP contribution in [0.3, 0.4) is 0 Å². The van der Waals surface area contributed by atoms with Crippen LogP contribution < -0.4 is 0 Å². The molecule has 0 fully saturated rings. The van der Waals surface area contributed by atoms with Gasteiger partial charge in [-0.1, -0.05) is 30.3 Å². The van der Waals surface area contributed by atoms with Crippen molar-refractivity contribution in [2.24, 2.45) is 10.4 Å². The third kappa shape index (κ3) is 3.70.